The minimum Gasteiger partial charge on any atom is -0.342 e. The van der Waals surface area contributed by atoms with Gasteiger partial charge in [0.15, 0.2) is 16.6 Å². The molecule has 3 aromatic rings. The Kier molecular flexibility index (Phi) is 2.27. The largest absolute Gasteiger partial charge is 0.342 e. The van der Waals surface area contributed by atoms with Gasteiger partial charge in [-0.3, -0.25) is 0 Å². The highest BCUT2D eigenvalue weighted by molar-refractivity contribution is 7.10. The van der Waals surface area contributed by atoms with Gasteiger partial charge in [-0.05, 0) is 11.5 Å². The molecular formula is C8H3Cl2N5S. The second-order valence-electron chi connectivity index (χ2n) is 2.95. The Balaban J connectivity index is 2.21. The van der Waals surface area contributed by atoms with Crippen LogP contribution in [0, 0.1) is 0 Å². The lowest BCUT2D eigenvalue weighted by Gasteiger charge is -1.95. The standard InChI is InChI=1S/C8H3Cl2N5S/c9-4-5(16-15-6(4)10)8-11-1-3-7(14-8)13-2-12-3/h1-2H,(H,11,12,13,14). The van der Waals surface area contributed by atoms with E-state index >= 15 is 0 Å². The lowest BCUT2D eigenvalue weighted by molar-refractivity contribution is 1.22. The van der Waals surface area contributed by atoms with Gasteiger partial charge >= 0.3 is 0 Å². The zero-order valence-electron chi connectivity index (χ0n) is 7.61. The smallest absolute Gasteiger partial charge is 0.181 e. The van der Waals surface area contributed by atoms with Crippen molar-refractivity contribution in [1.82, 2.24) is 24.3 Å². The van der Waals surface area contributed by atoms with Crippen molar-refractivity contribution in [1.29, 1.82) is 0 Å². The Morgan fingerprint density at radius 3 is 2.88 bits per heavy atom. The molecule has 0 aromatic carbocycles. The van der Waals surface area contributed by atoms with E-state index in [1.54, 1.807) is 12.5 Å². The number of H-pyrrole nitrogens is 1. The molecule has 0 aliphatic carbocycles. The molecule has 0 atom stereocenters. The number of rotatable bonds is 1. The second-order valence-corrected chi connectivity index (χ2v) is 4.46. The summed E-state index contributed by atoms with van der Waals surface area (Å²) in [6, 6.07) is 0. The molecule has 0 radical (unpaired) electrons. The summed E-state index contributed by atoms with van der Waals surface area (Å²) in [6.45, 7) is 0. The molecule has 3 aromatic heterocycles. The summed E-state index contributed by atoms with van der Waals surface area (Å²) in [4.78, 5) is 16.0. The first-order valence-electron chi connectivity index (χ1n) is 4.23. The molecule has 0 amide bonds. The van der Waals surface area contributed by atoms with E-state index in [0.717, 1.165) is 17.0 Å². The summed E-state index contributed by atoms with van der Waals surface area (Å²) in [5.41, 5.74) is 1.36. The van der Waals surface area contributed by atoms with E-state index in [0.29, 0.717) is 21.4 Å². The lowest BCUT2D eigenvalue weighted by atomic mass is 10.4. The van der Waals surface area contributed by atoms with E-state index in [4.69, 9.17) is 23.2 Å². The van der Waals surface area contributed by atoms with Crippen LogP contribution in [-0.4, -0.2) is 24.3 Å². The van der Waals surface area contributed by atoms with Crippen molar-refractivity contribution in [2.75, 3.05) is 0 Å². The van der Waals surface area contributed by atoms with Crippen LogP contribution in [0.25, 0.3) is 21.9 Å². The number of aromatic nitrogens is 5. The molecule has 0 aliphatic rings. The van der Waals surface area contributed by atoms with Gasteiger partial charge in [-0.15, -0.1) is 0 Å². The van der Waals surface area contributed by atoms with Gasteiger partial charge in [0.25, 0.3) is 0 Å². The fraction of sp³-hybridized carbons (Fsp3) is 0. The van der Waals surface area contributed by atoms with Crippen LogP contribution in [0.5, 0.6) is 0 Å². The number of hydrogen-bond donors (Lipinski definition) is 1. The molecule has 0 saturated carbocycles. The molecule has 0 bridgehead atoms. The second kappa shape index (κ2) is 3.65. The van der Waals surface area contributed by atoms with Gasteiger partial charge in [0.1, 0.15) is 15.4 Å². The van der Waals surface area contributed by atoms with Crippen molar-refractivity contribution in [2.45, 2.75) is 0 Å². The molecule has 3 rings (SSSR count). The monoisotopic (exact) mass is 271 g/mol. The van der Waals surface area contributed by atoms with Crippen LogP contribution in [0.2, 0.25) is 10.2 Å². The predicted octanol–water partition coefficient (Wildman–Crippen LogP) is 2.78. The van der Waals surface area contributed by atoms with E-state index in [1.165, 1.54) is 0 Å². The number of hydrogen-bond acceptors (Lipinski definition) is 5. The number of halogens is 2. The Morgan fingerprint density at radius 1 is 1.25 bits per heavy atom. The Morgan fingerprint density at radius 2 is 2.12 bits per heavy atom. The number of nitrogens with one attached hydrogen (secondary N) is 1. The van der Waals surface area contributed by atoms with Gasteiger partial charge in [0.05, 0.1) is 12.5 Å². The molecule has 0 spiro atoms. The van der Waals surface area contributed by atoms with E-state index in [2.05, 4.69) is 24.3 Å². The maximum Gasteiger partial charge on any atom is 0.181 e. The third kappa shape index (κ3) is 1.46. The van der Waals surface area contributed by atoms with E-state index in [9.17, 15) is 0 Å². The number of aromatic amines is 1. The highest BCUT2D eigenvalue weighted by atomic mass is 35.5. The first kappa shape index (κ1) is 9.95. The summed E-state index contributed by atoms with van der Waals surface area (Å²) in [7, 11) is 0. The molecule has 0 fully saturated rings. The molecule has 8 heteroatoms. The Hall–Kier alpha value is -1.24. The minimum absolute atomic E-state index is 0.271. The highest BCUT2D eigenvalue weighted by Gasteiger charge is 2.15. The van der Waals surface area contributed by atoms with Crippen molar-refractivity contribution in [2.24, 2.45) is 0 Å². The summed E-state index contributed by atoms with van der Waals surface area (Å²) in [5, 5.41) is 0.647. The van der Waals surface area contributed by atoms with Crippen LogP contribution in [0.3, 0.4) is 0 Å². The van der Waals surface area contributed by atoms with Gasteiger partial charge in [0.2, 0.25) is 0 Å². The Bertz CT molecular complexity index is 661. The zero-order valence-corrected chi connectivity index (χ0v) is 9.94. The normalized spacial score (nSPS) is 11.1. The van der Waals surface area contributed by atoms with Crippen molar-refractivity contribution >= 4 is 45.9 Å². The number of nitrogens with zero attached hydrogens (tertiary/aromatic N) is 4. The van der Waals surface area contributed by atoms with Crippen LogP contribution in [0.4, 0.5) is 0 Å². The summed E-state index contributed by atoms with van der Waals surface area (Å²) in [5.74, 6) is 0.481. The third-order valence-electron chi connectivity index (χ3n) is 1.98. The molecule has 80 valence electrons. The van der Waals surface area contributed by atoms with Crippen LogP contribution < -0.4 is 0 Å². The molecule has 0 unspecified atom stereocenters. The average Bonchev–Trinajstić information content (AvgIpc) is 2.86. The summed E-state index contributed by atoms with van der Waals surface area (Å²) < 4.78 is 3.93. The van der Waals surface area contributed by atoms with Crippen LogP contribution in [0.1, 0.15) is 0 Å². The van der Waals surface area contributed by atoms with Gasteiger partial charge < -0.3 is 4.98 Å². The van der Waals surface area contributed by atoms with E-state index in [1.807, 2.05) is 0 Å². The van der Waals surface area contributed by atoms with Crippen LogP contribution in [-0.2, 0) is 0 Å². The van der Waals surface area contributed by atoms with E-state index < -0.39 is 0 Å². The van der Waals surface area contributed by atoms with Gasteiger partial charge in [-0.25, -0.2) is 15.0 Å². The van der Waals surface area contributed by atoms with Crippen LogP contribution >= 0.6 is 34.7 Å². The number of imidazole rings is 1. The zero-order chi connectivity index (χ0) is 11.1. The molecule has 16 heavy (non-hydrogen) atoms. The number of fused-ring (bicyclic) bond motifs is 1. The van der Waals surface area contributed by atoms with Gasteiger partial charge in [0, 0.05) is 0 Å². The molecule has 0 saturated heterocycles. The Labute approximate surface area is 104 Å². The fourth-order valence-electron chi connectivity index (χ4n) is 1.24. The molecular weight excluding hydrogens is 269 g/mol. The van der Waals surface area contributed by atoms with Crippen molar-refractivity contribution < 1.29 is 0 Å². The maximum absolute atomic E-state index is 5.98. The average molecular weight is 272 g/mol. The topological polar surface area (TPSA) is 67.3 Å². The maximum atomic E-state index is 5.98. The van der Waals surface area contributed by atoms with E-state index in [-0.39, 0.29) is 5.15 Å². The molecule has 1 N–H and O–H groups in total. The third-order valence-corrected chi connectivity index (χ3v) is 3.77. The molecule has 3 heterocycles. The first-order chi connectivity index (χ1) is 7.75. The van der Waals surface area contributed by atoms with Crippen molar-refractivity contribution in [3.05, 3.63) is 22.7 Å². The minimum atomic E-state index is 0.271. The van der Waals surface area contributed by atoms with Crippen molar-refractivity contribution in [3.63, 3.8) is 0 Å². The summed E-state index contributed by atoms with van der Waals surface area (Å²) in [6.07, 6.45) is 3.21. The first-order valence-corrected chi connectivity index (χ1v) is 5.76. The van der Waals surface area contributed by atoms with Crippen LogP contribution in [0.15, 0.2) is 12.5 Å². The highest BCUT2D eigenvalue weighted by Crippen LogP contribution is 2.35. The fourth-order valence-corrected chi connectivity index (χ4v) is 2.40. The summed E-state index contributed by atoms with van der Waals surface area (Å²) >= 11 is 12.9. The van der Waals surface area contributed by atoms with Crippen molar-refractivity contribution in [3.8, 4) is 10.7 Å². The lowest BCUT2D eigenvalue weighted by Crippen LogP contribution is -1.87. The molecule has 0 aliphatic heterocycles. The van der Waals surface area contributed by atoms with Gasteiger partial charge in [-0.1, -0.05) is 23.2 Å². The SMILES string of the molecule is Clc1nsc(-c2ncc3[nH]cnc3n2)c1Cl. The quantitative estimate of drug-likeness (QED) is 0.739. The predicted molar refractivity (Wildman–Crippen MR) is 62.8 cm³/mol. The molecule has 5 nitrogen and oxygen atoms in total. The van der Waals surface area contributed by atoms with Gasteiger partial charge in [-0.2, -0.15) is 4.37 Å².